The topological polar surface area (TPSA) is 78.5 Å². The van der Waals surface area contributed by atoms with Gasteiger partial charge in [0.25, 0.3) is 0 Å². The molecule has 0 bridgehead atoms. The lowest BCUT2D eigenvalue weighted by atomic mass is 10.1. The minimum atomic E-state index is -0.587. The Morgan fingerprint density at radius 2 is 1.85 bits per heavy atom. The van der Waals surface area contributed by atoms with Gasteiger partial charge in [-0.2, -0.15) is 0 Å². The summed E-state index contributed by atoms with van der Waals surface area (Å²) in [5.74, 6) is -0.806. The van der Waals surface area contributed by atoms with Crippen LogP contribution in [0.3, 0.4) is 0 Å². The summed E-state index contributed by atoms with van der Waals surface area (Å²) < 4.78 is 0. The van der Waals surface area contributed by atoms with Crippen LogP contribution in [-0.4, -0.2) is 46.8 Å². The fraction of sp³-hybridized carbons (Fsp3) is 0.786. The van der Waals surface area contributed by atoms with Gasteiger partial charge in [0.05, 0.1) is 6.04 Å². The van der Waals surface area contributed by atoms with Crippen molar-refractivity contribution in [3.8, 4) is 0 Å². The molecule has 6 nitrogen and oxygen atoms in total. The molecule has 112 valence electrons. The molecule has 20 heavy (non-hydrogen) atoms. The summed E-state index contributed by atoms with van der Waals surface area (Å²) in [6.45, 7) is 6.12. The van der Waals surface area contributed by atoms with Gasteiger partial charge in [-0.25, -0.2) is 0 Å². The molecule has 4 atom stereocenters. The predicted octanol–water partition coefficient (Wildman–Crippen LogP) is 0.169. The minimum Gasteiger partial charge on any atom is -0.343 e. The van der Waals surface area contributed by atoms with E-state index in [9.17, 15) is 14.4 Å². The van der Waals surface area contributed by atoms with Gasteiger partial charge in [-0.3, -0.25) is 24.6 Å². The summed E-state index contributed by atoms with van der Waals surface area (Å²) in [6.07, 6.45) is 2.85. The minimum absolute atomic E-state index is 0.139. The molecule has 4 unspecified atom stereocenters. The van der Waals surface area contributed by atoms with E-state index in [2.05, 4.69) is 29.4 Å². The number of piperidine rings is 1. The summed E-state index contributed by atoms with van der Waals surface area (Å²) >= 11 is 0. The largest absolute Gasteiger partial charge is 0.343 e. The highest BCUT2D eigenvalue weighted by Crippen LogP contribution is 2.26. The SMILES string of the molecule is CC1CCC(C)N1C(C)C(=O)NC1CCC(=O)NC1=O. The molecule has 0 aromatic heterocycles. The van der Waals surface area contributed by atoms with Crippen LogP contribution in [0.2, 0.25) is 0 Å². The maximum absolute atomic E-state index is 12.3. The second kappa shape index (κ2) is 5.91. The molecule has 2 N–H and O–H groups in total. The number of amides is 3. The summed E-state index contributed by atoms with van der Waals surface area (Å²) in [6, 6.07) is -0.0798. The number of nitrogens with zero attached hydrogens (tertiary/aromatic N) is 1. The molecule has 2 saturated heterocycles. The van der Waals surface area contributed by atoms with Gasteiger partial charge in [0.2, 0.25) is 17.7 Å². The average molecular weight is 281 g/mol. The number of hydrogen-bond acceptors (Lipinski definition) is 4. The molecule has 2 fully saturated rings. The molecule has 0 aliphatic carbocycles. The Morgan fingerprint density at radius 3 is 2.40 bits per heavy atom. The van der Waals surface area contributed by atoms with Crippen LogP contribution in [0.25, 0.3) is 0 Å². The first-order chi connectivity index (χ1) is 9.40. The molecule has 2 rings (SSSR count). The lowest BCUT2D eigenvalue weighted by molar-refractivity contribution is -0.138. The molecule has 3 amide bonds. The van der Waals surface area contributed by atoms with Crippen LogP contribution in [0.5, 0.6) is 0 Å². The highest BCUT2D eigenvalue weighted by Gasteiger charge is 2.36. The Morgan fingerprint density at radius 1 is 1.25 bits per heavy atom. The first kappa shape index (κ1) is 15.0. The van der Waals surface area contributed by atoms with E-state index in [0.717, 1.165) is 12.8 Å². The number of hydrogen-bond donors (Lipinski definition) is 2. The van der Waals surface area contributed by atoms with Crippen LogP contribution in [0, 0.1) is 0 Å². The maximum Gasteiger partial charge on any atom is 0.249 e. The molecule has 0 aromatic rings. The van der Waals surface area contributed by atoms with Crippen molar-refractivity contribution in [1.29, 1.82) is 0 Å². The van der Waals surface area contributed by atoms with Crippen molar-refractivity contribution in [1.82, 2.24) is 15.5 Å². The predicted molar refractivity (Wildman–Crippen MR) is 73.8 cm³/mol. The zero-order chi connectivity index (χ0) is 14.9. The number of likely N-dealkylation sites (tertiary alicyclic amines) is 1. The van der Waals surface area contributed by atoms with E-state index in [-0.39, 0.29) is 24.3 Å². The highest BCUT2D eigenvalue weighted by molar-refractivity contribution is 6.01. The Balaban J connectivity index is 1.94. The van der Waals surface area contributed by atoms with Gasteiger partial charge >= 0.3 is 0 Å². The molecule has 0 aromatic carbocycles. The van der Waals surface area contributed by atoms with Crippen molar-refractivity contribution in [2.45, 2.75) is 70.6 Å². The number of imide groups is 1. The number of rotatable bonds is 3. The number of carbonyl (C=O) groups excluding carboxylic acids is 3. The van der Waals surface area contributed by atoms with Gasteiger partial charge in [-0.15, -0.1) is 0 Å². The first-order valence-corrected chi connectivity index (χ1v) is 7.31. The third-order valence-electron chi connectivity index (χ3n) is 4.40. The first-order valence-electron chi connectivity index (χ1n) is 7.31. The van der Waals surface area contributed by atoms with E-state index < -0.39 is 11.9 Å². The molecule has 0 saturated carbocycles. The Hall–Kier alpha value is -1.43. The van der Waals surface area contributed by atoms with E-state index in [1.165, 1.54) is 0 Å². The smallest absolute Gasteiger partial charge is 0.249 e. The van der Waals surface area contributed by atoms with Crippen molar-refractivity contribution in [2.75, 3.05) is 0 Å². The van der Waals surface area contributed by atoms with Crippen molar-refractivity contribution in [3.05, 3.63) is 0 Å². The van der Waals surface area contributed by atoms with E-state index in [1.54, 1.807) is 0 Å². The quantitative estimate of drug-likeness (QED) is 0.723. The highest BCUT2D eigenvalue weighted by atomic mass is 16.2. The van der Waals surface area contributed by atoms with Crippen LogP contribution in [0.15, 0.2) is 0 Å². The van der Waals surface area contributed by atoms with Crippen molar-refractivity contribution in [2.24, 2.45) is 0 Å². The van der Waals surface area contributed by atoms with Crippen molar-refractivity contribution < 1.29 is 14.4 Å². The average Bonchev–Trinajstić information content (AvgIpc) is 2.71. The van der Waals surface area contributed by atoms with E-state index >= 15 is 0 Å². The lowest BCUT2D eigenvalue weighted by Crippen LogP contribution is -2.57. The van der Waals surface area contributed by atoms with Crippen molar-refractivity contribution in [3.63, 3.8) is 0 Å². The lowest BCUT2D eigenvalue weighted by Gasteiger charge is -2.33. The van der Waals surface area contributed by atoms with Gasteiger partial charge in [0.1, 0.15) is 6.04 Å². The molecule has 2 heterocycles. The molecular weight excluding hydrogens is 258 g/mol. The molecule has 0 radical (unpaired) electrons. The maximum atomic E-state index is 12.3. The summed E-state index contributed by atoms with van der Waals surface area (Å²) in [5.41, 5.74) is 0. The number of carbonyl (C=O) groups is 3. The van der Waals surface area contributed by atoms with Crippen LogP contribution in [0.1, 0.15) is 46.5 Å². The van der Waals surface area contributed by atoms with Gasteiger partial charge in [0.15, 0.2) is 0 Å². The Labute approximate surface area is 119 Å². The molecule has 2 aliphatic rings. The van der Waals surface area contributed by atoms with E-state index in [4.69, 9.17) is 0 Å². The van der Waals surface area contributed by atoms with Crippen LogP contribution in [-0.2, 0) is 14.4 Å². The van der Waals surface area contributed by atoms with Gasteiger partial charge < -0.3 is 5.32 Å². The van der Waals surface area contributed by atoms with Gasteiger partial charge in [-0.1, -0.05) is 0 Å². The summed E-state index contributed by atoms with van der Waals surface area (Å²) in [5, 5.41) is 5.02. The molecule has 6 heteroatoms. The van der Waals surface area contributed by atoms with E-state index in [0.29, 0.717) is 18.5 Å². The summed E-state index contributed by atoms with van der Waals surface area (Å²) in [7, 11) is 0. The van der Waals surface area contributed by atoms with Crippen molar-refractivity contribution >= 4 is 17.7 Å². The molecule has 2 aliphatic heterocycles. The third kappa shape index (κ3) is 3.00. The Bertz CT molecular complexity index is 414. The number of nitrogens with one attached hydrogen (secondary N) is 2. The van der Waals surface area contributed by atoms with Crippen LogP contribution >= 0.6 is 0 Å². The second-order valence-corrected chi connectivity index (χ2v) is 5.91. The second-order valence-electron chi connectivity index (χ2n) is 5.91. The van der Waals surface area contributed by atoms with Crippen LogP contribution < -0.4 is 10.6 Å². The van der Waals surface area contributed by atoms with E-state index in [1.807, 2.05) is 6.92 Å². The standard InChI is InChI=1S/C14H23N3O3/c1-8-4-5-9(2)17(8)10(3)13(19)15-11-6-7-12(18)16-14(11)20/h8-11H,4-7H2,1-3H3,(H,15,19)(H,16,18,20). The van der Waals surface area contributed by atoms with Gasteiger partial charge in [0, 0.05) is 18.5 Å². The summed E-state index contributed by atoms with van der Waals surface area (Å²) in [4.78, 5) is 37.2. The fourth-order valence-electron chi connectivity index (χ4n) is 3.24. The third-order valence-corrected chi connectivity index (χ3v) is 4.40. The fourth-order valence-corrected chi connectivity index (χ4v) is 3.24. The molecule has 0 spiro atoms. The zero-order valence-corrected chi connectivity index (χ0v) is 12.3. The normalized spacial score (nSPS) is 32.9. The monoisotopic (exact) mass is 281 g/mol. The molecular formula is C14H23N3O3. The Kier molecular flexibility index (Phi) is 4.42. The van der Waals surface area contributed by atoms with Gasteiger partial charge in [-0.05, 0) is 40.0 Å². The zero-order valence-electron chi connectivity index (χ0n) is 12.3. The van der Waals surface area contributed by atoms with Crippen LogP contribution in [0.4, 0.5) is 0 Å².